The fourth-order valence-electron chi connectivity index (χ4n) is 3.74. The Morgan fingerprint density at radius 2 is 2.33 bits per heavy atom. The van der Waals surface area contributed by atoms with E-state index >= 15 is 0 Å². The van der Waals surface area contributed by atoms with Gasteiger partial charge >= 0.3 is 6.09 Å². The van der Waals surface area contributed by atoms with Crippen LogP contribution in [0.25, 0.3) is 6.08 Å². The number of carbonyl (C=O) groups is 2. The summed E-state index contributed by atoms with van der Waals surface area (Å²) < 4.78 is 12.5. The monoisotopic (exact) mass is 465 g/mol. The fraction of sp³-hybridized carbons (Fsp3) is 0.304. The molecule has 0 radical (unpaired) electrons. The lowest BCUT2D eigenvalue weighted by Crippen LogP contribution is -2.31. The average molecular weight is 466 g/mol. The highest BCUT2D eigenvalue weighted by molar-refractivity contribution is 7.16. The summed E-state index contributed by atoms with van der Waals surface area (Å²) in [5.74, 6) is 0.215. The maximum Gasteiger partial charge on any atom is 0.407 e. The van der Waals surface area contributed by atoms with E-state index < -0.39 is 6.09 Å². The number of carbonyl (C=O) groups excluding carboxylic acids is 2. The first kappa shape index (κ1) is 22.4. The van der Waals surface area contributed by atoms with E-state index in [2.05, 4.69) is 21.8 Å². The number of anilines is 1. The molecule has 0 fully saturated rings. The molecule has 2 N–H and O–H groups in total. The normalized spacial score (nSPS) is 15.1. The number of nitrogens with one attached hydrogen (secondary N) is 2. The van der Waals surface area contributed by atoms with Crippen molar-refractivity contribution in [2.24, 2.45) is 7.05 Å². The van der Waals surface area contributed by atoms with E-state index in [9.17, 15) is 14.9 Å². The van der Waals surface area contributed by atoms with E-state index in [0.717, 1.165) is 21.7 Å². The number of rotatable bonds is 6. The molecule has 9 nitrogen and oxygen atoms in total. The lowest BCUT2D eigenvalue weighted by atomic mass is 9.94. The molecule has 0 saturated heterocycles. The van der Waals surface area contributed by atoms with Gasteiger partial charge in [-0.25, -0.2) is 4.79 Å². The van der Waals surface area contributed by atoms with Crippen molar-refractivity contribution >= 4 is 34.4 Å². The van der Waals surface area contributed by atoms with Crippen LogP contribution < -0.4 is 10.6 Å². The zero-order valence-corrected chi connectivity index (χ0v) is 19.1. The lowest BCUT2D eigenvalue weighted by Gasteiger charge is -2.22. The van der Waals surface area contributed by atoms with E-state index in [1.54, 1.807) is 22.9 Å². The van der Waals surface area contributed by atoms with Crippen molar-refractivity contribution in [2.75, 3.05) is 5.32 Å². The minimum atomic E-state index is -0.486. The van der Waals surface area contributed by atoms with E-state index in [4.69, 9.17) is 9.15 Å². The molecule has 0 bridgehead atoms. The smallest absolute Gasteiger partial charge is 0.407 e. The Balaban J connectivity index is 1.36. The van der Waals surface area contributed by atoms with Crippen LogP contribution >= 0.6 is 11.3 Å². The number of ether oxygens (including phenoxy) is 1. The number of aromatic nitrogens is 2. The third-order valence-electron chi connectivity index (χ3n) is 5.32. The van der Waals surface area contributed by atoms with Crippen LogP contribution in [-0.4, -0.2) is 27.9 Å². The molecule has 1 atom stereocenters. The van der Waals surface area contributed by atoms with Gasteiger partial charge in [-0.3, -0.25) is 9.48 Å². The van der Waals surface area contributed by atoms with Gasteiger partial charge in [0, 0.05) is 42.7 Å². The maximum atomic E-state index is 12.3. The van der Waals surface area contributed by atoms with Crippen LogP contribution in [0, 0.1) is 18.3 Å². The minimum absolute atomic E-state index is 0.292. The number of alkyl carbamates (subject to hydrolysis) is 1. The molecule has 3 heterocycles. The highest BCUT2D eigenvalue weighted by Crippen LogP contribution is 2.38. The Hall–Kier alpha value is -3.84. The molecule has 0 aliphatic heterocycles. The zero-order chi connectivity index (χ0) is 23.4. The number of nitrogens with zero attached hydrogens (tertiary/aromatic N) is 3. The Morgan fingerprint density at radius 1 is 1.48 bits per heavy atom. The third-order valence-corrected chi connectivity index (χ3v) is 6.49. The fourth-order valence-corrected chi connectivity index (χ4v) is 5.01. The Bertz CT molecular complexity index is 1230. The van der Waals surface area contributed by atoms with Gasteiger partial charge < -0.3 is 19.8 Å². The first-order chi connectivity index (χ1) is 15.9. The molecule has 3 aromatic heterocycles. The predicted octanol–water partition coefficient (Wildman–Crippen LogP) is 3.69. The third kappa shape index (κ3) is 5.32. The molecule has 33 heavy (non-hydrogen) atoms. The van der Waals surface area contributed by atoms with Crippen molar-refractivity contribution in [3.63, 3.8) is 0 Å². The number of hydrogen-bond acceptors (Lipinski definition) is 7. The first-order valence-electron chi connectivity index (χ1n) is 10.4. The highest BCUT2D eigenvalue weighted by atomic mass is 32.1. The van der Waals surface area contributed by atoms with Crippen molar-refractivity contribution < 1.29 is 18.7 Å². The molecule has 1 aliphatic carbocycles. The van der Waals surface area contributed by atoms with Crippen molar-refractivity contribution in [3.8, 4) is 6.07 Å². The second-order valence-electron chi connectivity index (χ2n) is 7.69. The lowest BCUT2D eigenvalue weighted by molar-refractivity contribution is -0.111. The van der Waals surface area contributed by atoms with E-state index in [0.29, 0.717) is 42.1 Å². The molecule has 0 saturated carbocycles. The summed E-state index contributed by atoms with van der Waals surface area (Å²) in [5, 5.41) is 20.0. The minimum Gasteiger partial charge on any atom is -0.465 e. The van der Waals surface area contributed by atoms with Gasteiger partial charge in [0.25, 0.3) is 0 Å². The van der Waals surface area contributed by atoms with E-state index in [-0.39, 0.29) is 12.0 Å². The molecule has 1 aliphatic rings. The van der Waals surface area contributed by atoms with E-state index in [1.165, 1.54) is 23.7 Å². The highest BCUT2D eigenvalue weighted by Gasteiger charge is 2.28. The number of amides is 2. The molecular weight excluding hydrogens is 442 g/mol. The van der Waals surface area contributed by atoms with Gasteiger partial charge in [-0.15, -0.1) is 11.3 Å². The summed E-state index contributed by atoms with van der Waals surface area (Å²) in [4.78, 5) is 25.5. The maximum absolute atomic E-state index is 12.3. The molecule has 0 spiro atoms. The summed E-state index contributed by atoms with van der Waals surface area (Å²) in [5.41, 5.74) is 3.18. The topological polar surface area (TPSA) is 122 Å². The number of thiophene rings is 1. The van der Waals surface area contributed by atoms with Crippen LogP contribution in [-0.2, 0) is 36.0 Å². The molecule has 4 rings (SSSR count). The number of aryl methyl sites for hydroxylation is 2. The van der Waals surface area contributed by atoms with Gasteiger partial charge in [0.1, 0.15) is 22.9 Å². The number of nitriles is 1. The summed E-state index contributed by atoms with van der Waals surface area (Å²) in [6, 6.07) is 5.68. The van der Waals surface area contributed by atoms with Crippen LogP contribution in [0.3, 0.4) is 0 Å². The second-order valence-corrected chi connectivity index (χ2v) is 8.80. The van der Waals surface area contributed by atoms with Crippen LogP contribution in [0.4, 0.5) is 9.80 Å². The molecule has 2 amide bonds. The predicted molar refractivity (Wildman–Crippen MR) is 122 cm³/mol. The van der Waals surface area contributed by atoms with Crippen molar-refractivity contribution in [1.82, 2.24) is 15.1 Å². The second kappa shape index (κ2) is 9.75. The molecule has 10 heteroatoms. The Labute approximate surface area is 194 Å². The number of hydrogen-bond donors (Lipinski definition) is 2. The summed E-state index contributed by atoms with van der Waals surface area (Å²) in [7, 11) is 1.83. The first-order valence-corrected chi connectivity index (χ1v) is 11.3. The van der Waals surface area contributed by atoms with Crippen molar-refractivity contribution in [3.05, 3.63) is 63.7 Å². The average Bonchev–Trinajstić information content (AvgIpc) is 3.49. The standard InChI is InChI=1S/C23H23N5O4S/c1-14-15(13-28(2)27-14)12-25-23(30)32-17-5-7-18-19(11-24)22(33-20(18)10-17)26-21(29)8-6-16-4-3-9-31-16/h3-4,6,8-9,13,17H,5,7,10,12H2,1-2H3,(H,25,30)(H,26,29)/b8-6+. The molecule has 170 valence electrons. The van der Waals surface area contributed by atoms with Crippen LogP contribution in [0.2, 0.25) is 0 Å². The van der Waals surface area contributed by atoms with Crippen molar-refractivity contribution in [1.29, 1.82) is 5.26 Å². The van der Waals surface area contributed by atoms with Gasteiger partial charge in [0.15, 0.2) is 0 Å². The molecule has 0 aromatic carbocycles. The summed E-state index contributed by atoms with van der Waals surface area (Å²) >= 11 is 1.35. The zero-order valence-electron chi connectivity index (χ0n) is 18.3. The SMILES string of the molecule is Cc1nn(C)cc1CNC(=O)OC1CCc2c(sc(NC(=O)/C=C/c3ccco3)c2C#N)C1. The summed E-state index contributed by atoms with van der Waals surface area (Å²) in [6.45, 7) is 2.23. The van der Waals surface area contributed by atoms with Crippen molar-refractivity contribution in [2.45, 2.75) is 38.8 Å². The summed E-state index contributed by atoms with van der Waals surface area (Å²) in [6.07, 6.45) is 7.25. The van der Waals surface area contributed by atoms with E-state index in [1.807, 2.05) is 20.2 Å². The molecule has 3 aromatic rings. The Kier molecular flexibility index (Phi) is 6.60. The van der Waals surface area contributed by atoms with Gasteiger partial charge in [-0.05, 0) is 43.5 Å². The number of fused-ring (bicyclic) bond motifs is 1. The van der Waals surface area contributed by atoms with Crippen LogP contribution in [0.15, 0.2) is 35.1 Å². The molecular formula is C23H23N5O4S. The van der Waals surface area contributed by atoms with Gasteiger partial charge in [-0.1, -0.05) is 0 Å². The number of furan rings is 1. The quantitative estimate of drug-likeness (QED) is 0.536. The van der Waals surface area contributed by atoms with Crippen LogP contribution in [0.5, 0.6) is 0 Å². The molecule has 1 unspecified atom stereocenters. The Morgan fingerprint density at radius 3 is 3.03 bits per heavy atom. The van der Waals surface area contributed by atoms with Crippen LogP contribution in [0.1, 0.15) is 39.4 Å². The largest absolute Gasteiger partial charge is 0.465 e. The van der Waals surface area contributed by atoms with Gasteiger partial charge in [-0.2, -0.15) is 10.4 Å². The van der Waals surface area contributed by atoms with Gasteiger partial charge in [0.2, 0.25) is 5.91 Å². The van der Waals surface area contributed by atoms with Gasteiger partial charge in [0.05, 0.1) is 17.5 Å².